The van der Waals surface area contributed by atoms with Crippen molar-refractivity contribution in [3.05, 3.63) is 39.9 Å². The Kier molecular flexibility index (Phi) is 4.27. The highest BCUT2D eigenvalue weighted by atomic mass is 79.9. The zero-order chi connectivity index (χ0) is 12.1. The van der Waals surface area contributed by atoms with Crippen LogP contribution in [0.15, 0.2) is 34.3 Å². The van der Waals surface area contributed by atoms with Crippen molar-refractivity contribution in [3.63, 3.8) is 0 Å². The molecule has 1 aromatic carbocycles. The Labute approximate surface area is 102 Å². The first-order chi connectivity index (χ1) is 7.60. The van der Waals surface area contributed by atoms with Gasteiger partial charge in [0.15, 0.2) is 5.78 Å². The fourth-order valence-corrected chi connectivity index (χ4v) is 1.44. The Morgan fingerprint density at radius 3 is 2.44 bits per heavy atom. The van der Waals surface area contributed by atoms with Crippen molar-refractivity contribution < 1.29 is 9.90 Å². The number of Topliss-reactive ketones (excluding diaryl/α,β-unsaturated/α-hetero) is 1. The van der Waals surface area contributed by atoms with E-state index in [2.05, 4.69) is 15.9 Å². The molecule has 82 valence electrons. The number of benzene rings is 1. The summed E-state index contributed by atoms with van der Waals surface area (Å²) in [6.45, 7) is 1.65. The van der Waals surface area contributed by atoms with Gasteiger partial charge in [-0.2, -0.15) is 5.26 Å². The van der Waals surface area contributed by atoms with Crippen LogP contribution >= 0.6 is 15.9 Å². The first-order valence-corrected chi connectivity index (χ1v) is 5.52. The summed E-state index contributed by atoms with van der Waals surface area (Å²) < 4.78 is 0.865. The van der Waals surface area contributed by atoms with E-state index in [-0.39, 0.29) is 23.5 Å². The quantitative estimate of drug-likeness (QED) is 0.525. The van der Waals surface area contributed by atoms with Crippen molar-refractivity contribution in [1.29, 1.82) is 5.26 Å². The molecule has 0 aliphatic heterocycles. The van der Waals surface area contributed by atoms with Gasteiger partial charge in [0.1, 0.15) is 17.4 Å². The third-order valence-electron chi connectivity index (χ3n) is 2.07. The Balaban J connectivity index is 3.21. The van der Waals surface area contributed by atoms with Crippen LogP contribution in [0.2, 0.25) is 0 Å². The smallest absolute Gasteiger partial charge is 0.176 e. The van der Waals surface area contributed by atoms with E-state index in [0.29, 0.717) is 5.56 Å². The number of hydrogen-bond donors (Lipinski definition) is 1. The normalized spacial score (nSPS) is 11.6. The Bertz CT molecular complexity index is 469. The predicted molar refractivity (Wildman–Crippen MR) is 64.6 cm³/mol. The molecule has 0 heterocycles. The predicted octanol–water partition coefficient (Wildman–Crippen LogP) is 3.22. The molecule has 0 aliphatic carbocycles. The summed E-state index contributed by atoms with van der Waals surface area (Å²) in [6, 6.07) is 8.48. The molecule has 1 aromatic rings. The van der Waals surface area contributed by atoms with Gasteiger partial charge in [-0.25, -0.2) is 0 Å². The third-order valence-corrected chi connectivity index (χ3v) is 2.59. The minimum atomic E-state index is -0.358. The van der Waals surface area contributed by atoms with E-state index < -0.39 is 0 Å². The molecule has 4 heteroatoms. The Morgan fingerprint density at radius 1 is 1.44 bits per heavy atom. The topological polar surface area (TPSA) is 61.1 Å². The summed E-state index contributed by atoms with van der Waals surface area (Å²) in [6.07, 6.45) is 0.198. The molecule has 0 aliphatic rings. The third kappa shape index (κ3) is 2.71. The summed E-state index contributed by atoms with van der Waals surface area (Å²) in [5.41, 5.74) is 0.270. The molecule has 0 atom stereocenters. The van der Waals surface area contributed by atoms with Crippen molar-refractivity contribution in [2.75, 3.05) is 0 Å². The summed E-state index contributed by atoms with van der Waals surface area (Å²) >= 11 is 3.26. The summed E-state index contributed by atoms with van der Waals surface area (Å²) in [4.78, 5) is 11.4. The van der Waals surface area contributed by atoms with Crippen LogP contribution in [0, 0.1) is 11.3 Å². The highest BCUT2D eigenvalue weighted by Crippen LogP contribution is 2.19. The zero-order valence-electron chi connectivity index (χ0n) is 8.70. The summed E-state index contributed by atoms with van der Waals surface area (Å²) in [5, 5.41) is 18.6. The molecular formula is C12H10BrNO2. The molecule has 0 unspecified atom stereocenters. The zero-order valence-corrected chi connectivity index (χ0v) is 10.3. The number of aliphatic hydroxyl groups excluding tert-OH is 1. The van der Waals surface area contributed by atoms with Crippen LogP contribution in [0.1, 0.15) is 18.9 Å². The second-order valence-electron chi connectivity index (χ2n) is 3.12. The average Bonchev–Trinajstić information content (AvgIpc) is 2.30. The Hall–Kier alpha value is -1.60. The van der Waals surface area contributed by atoms with E-state index in [9.17, 15) is 9.90 Å². The first-order valence-electron chi connectivity index (χ1n) is 4.72. The molecule has 0 bridgehead atoms. The summed E-state index contributed by atoms with van der Waals surface area (Å²) in [7, 11) is 0. The van der Waals surface area contributed by atoms with E-state index in [1.54, 1.807) is 37.3 Å². The van der Waals surface area contributed by atoms with Crippen LogP contribution in [0.25, 0.3) is 5.76 Å². The van der Waals surface area contributed by atoms with E-state index in [1.165, 1.54) is 0 Å². The van der Waals surface area contributed by atoms with Gasteiger partial charge in [-0.3, -0.25) is 4.79 Å². The second-order valence-corrected chi connectivity index (χ2v) is 4.03. The highest BCUT2D eigenvalue weighted by Gasteiger charge is 2.14. The summed E-state index contributed by atoms with van der Waals surface area (Å²) in [5.74, 6) is -0.621. The van der Waals surface area contributed by atoms with Gasteiger partial charge in [0.25, 0.3) is 0 Å². The molecule has 0 aromatic heterocycles. The molecule has 1 rings (SSSR count). The van der Waals surface area contributed by atoms with Crippen molar-refractivity contribution in [1.82, 2.24) is 0 Å². The van der Waals surface area contributed by atoms with Crippen molar-refractivity contribution in [3.8, 4) is 6.07 Å². The van der Waals surface area contributed by atoms with Gasteiger partial charge in [-0.05, 0) is 12.1 Å². The fourth-order valence-electron chi connectivity index (χ4n) is 1.18. The van der Waals surface area contributed by atoms with Gasteiger partial charge in [-0.15, -0.1) is 0 Å². The number of allylic oxidation sites excluding steroid dienone is 1. The average molecular weight is 280 g/mol. The van der Waals surface area contributed by atoms with Gasteiger partial charge in [0.2, 0.25) is 0 Å². The lowest BCUT2D eigenvalue weighted by atomic mass is 10.0. The maximum absolute atomic E-state index is 11.4. The minimum Gasteiger partial charge on any atom is -0.506 e. The standard InChI is InChI=1S/C12H10BrNO2/c1-2-11(15)10(7-14)12(16)8-3-5-9(13)6-4-8/h3-6,16H,2H2,1H3/b12-10+. The molecule has 3 nitrogen and oxygen atoms in total. The van der Waals surface area contributed by atoms with Gasteiger partial charge in [0, 0.05) is 16.5 Å². The molecule has 16 heavy (non-hydrogen) atoms. The van der Waals surface area contributed by atoms with Crippen molar-refractivity contribution >= 4 is 27.5 Å². The monoisotopic (exact) mass is 279 g/mol. The van der Waals surface area contributed by atoms with Crippen LogP contribution < -0.4 is 0 Å². The molecule has 0 amide bonds. The number of nitriles is 1. The fraction of sp³-hybridized carbons (Fsp3) is 0.167. The SMILES string of the molecule is CCC(=O)/C(C#N)=C(/O)c1ccc(Br)cc1. The molecular weight excluding hydrogens is 270 g/mol. The molecule has 0 saturated carbocycles. The number of carbonyl (C=O) groups is 1. The van der Waals surface area contributed by atoms with Crippen molar-refractivity contribution in [2.45, 2.75) is 13.3 Å². The van der Waals surface area contributed by atoms with Gasteiger partial charge in [-0.1, -0.05) is 35.0 Å². The number of carbonyl (C=O) groups excluding carboxylic acids is 1. The van der Waals surface area contributed by atoms with Crippen LogP contribution in [-0.4, -0.2) is 10.9 Å². The minimum absolute atomic E-state index is 0.190. The molecule has 0 saturated heterocycles. The van der Waals surface area contributed by atoms with Gasteiger partial charge in [0.05, 0.1) is 0 Å². The van der Waals surface area contributed by atoms with Crippen LogP contribution in [0.3, 0.4) is 0 Å². The van der Waals surface area contributed by atoms with E-state index in [0.717, 1.165) is 4.47 Å². The number of aliphatic hydroxyl groups is 1. The largest absolute Gasteiger partial charge is 0.506 e. The van der Waals surface area contributed by atoms with Crippen LogP contribution in [0.4, 0.5) is 0 Å². The highest BCUT2D eigenvalue weighted by molar-refractivity contribution is 9.10. The Morgan fingerprint density at radius 2 is 2.00 bits per heavy atom. The number of rotatable bonds is 3. The molecule has 0 fully saturated rings. The number of nitrogens with zero attached hydrogens (tertiary/aromatic N) is 1. The maximum Gasteiger partial charge on any atom is 0.176 e. The number of hydrogen-bond acceptors (Lipinski definition) is 3. The van der Waals surface area contributed by atoms with Gasteiger partial charge >= 0.3 is 0 Å². The van der Waals surface area contributed by atoms with Crippen LogP contribution in [-0.2, 0) is 4.79 Å². The van der Waals surface area contributed by atoms with E-state index in [1.807, 2.05) is 0 Å². The lowest BCUT2D eigenvalue weighted by molar-refractivity contribution is -0.114. The van der Waals surface area contributed by atoms with Gasteiger partial charge < -0.3 is 5.11 Å². The molecule has 1 N–H and O–H groups in total. The van der Waals surface area contributed by atoms with Crippen molar-refractivity contribution in [2.24, 2.45) is 0 Å². The molecule has 0 spiro atoms. The molecule has 0 radical (unpaired) electrons. The number of halogens is 1. The lowest BCUT2D eigenvalue weighted by Gasteiger charge is -2.03. The number of ketones is 1. The van der Waals surface area contributed by atoms with E-state index in [4.69, 9.17) is 5.26 Å². The second kappa shape index (κ2) is 5.47. The lowest BCUT2D eigenvalue weighted by Crippen LogP contribution is -2.02. The van der Waals surface area contributed by atoms with E-state index >= 15 is 0 Å². The maximum atomic E-state index is 11.4. The first kappa shape index (κ1) is 12.5. The van der Waals surface area contributed by atoms with Crippen LogP contribution in [0.5, 0.6) is 0 Å².